The van der Waals surface area contributed by atoms with Crippen molar-refractivity contribution in [2.75, 3.05) is 0 Å². The highest BCUT2D eigenvalue weighted by atomic mass is 32.2. The maximum atomic E-state index is 12.5. The van der Waals surface area contributed by atoms with Gasteiger partial charge in [0.25, 0.3) is 5.69 Å². The summed E-state index contributed by atoms with van der Waals surface area (Å²) in [6, 6.07) is 0.135. The van der Waals surface area contributed by atoms with Gasteiger partial charge in [0.15, 0.2) is 4.87 Å². The van der Waals surface area contributed by atoms with Crippen molar-refractivity contribution in [3.8, 4) is 0 Å². The highest BCUT2D eigenvalue weighted by Gasteiger charge is 2.50. The molecule has 1 aromatic rings. The number of nitro benzene ring substituents is 1. The average Bonchev–Trinajstić information content (AvgIpc) is 2.35. The van der Waals surface area contributed by atoms with Gasteiger partial charge in [-0.3, -0.25) is 10.1 Å². The Balaban J connectivity index is 3.35. The van der Waals surface area contributed by atoms with E-state index in [1.807, 2.05) is 0 Å². The Bertz CT molecular complexity index is 756. The maximum Gasteiger partial charge on any atom is 0.521 e. The fourth-order valence-electron chi connectivity index (χ4n) is 1.20. The van der Waals surface area contributed by atoms with Gasteiger partial charge in [0.2, 0.25) is 0 Å². The van der Waals surface area contributed by atoms with Crippen molar-refractivity contribution >= 4 is 21.4 Å². The molecule has 0 saturated heterocycles. The van der Waals surface area contributed by atoms with Gasteiger partial charge in [-0.05, 0) is 4.83 Å². The van der Waals surface area contributed by atoms with E-state index in [0.717, 1.165) is 0 Å². The van der Waals surface area contributed by atoms with Crippen molar-refractivity contribution < 1.29 is 44.6 Å². The molecule has 0 aromatic heterocycles. The SMILES string of the molecule is O=[N+]([O-])c1cc([N+](=O)NS(=O)(=O)C(F)(F)F)cc(C(F)(F)F)c1. The van der Waals surface area contributed by atoms with Crippen LogP contribution in [0.4, 0.5) is 37.7 Å². The van der Waals surface area contributed by atoms with Crippen LogP contribution in [0.2, 0.25) is 0 Å². The molecule has 0 fully saturated rings. The molecule has 1 aromatic carbocycles. The molecule has 1 N–H and O–H groups in total. The van der Waals surface area contributed by atoms with E-state index in [-0.39, 0.29) is 18.2 Å². The van der Waals surface area contributed by atoms with Gasteiger partial charge in [-0.15, -0.1) is 0 Å². The summed E-state index contributed by atoms with van der Waals surface area (Å²) in [7, 11) is -6.21. The van der Waals surface area contributed by atoms with Gasteiger partial charge in [-0.2, -0.15) is 34.8 Å². The zero-order valence-corrected chi connectivity index (χ0v) is 11.2. The van der Waals surface area contributed by atoms with Gasteiger partial charge in [0.1, 0.15) is 0 Å². The quantitative estimate of drug-likeness (QED) is 0.380. The number of rotatable bonds is 4. The molecule has 15 heteroatoms. The minimum absolute atomic E-state index is 0.0234. The van der Waals surface area contributed by atoms with Crippen molar-refractivity contribution in [3.05, 3.63) is 38.8 Å². The summed E-state index contributed by atoms with van der Waals surface area (Å²) in [5.74, 6) is 0. The molecule has 0 radical (unpaired) electrons. The number of nitro groups is 1. The molecule has 0 heterocycles. The zero-order valence-electron chi connectivity index (χ0n) is 10.3. The van der Waals surface area contributed by atoms with Crippen LogP contribution in [0.5, 0.6) is 0 Å². The monoisotopic (exact) mass is 368 g/mol. The van der Waals surface area contributed by atoms with E-state index in [1.165, 1.54) is 0 Å². The lowest BCUT2D eigenvalue weighted by Crippen LogP contribution is -2.40. The van der Waals surface area contributed by atoms with Gasteiger partial charge in [-0.25, -0.2) is 0 Å². The lowest BCUT2D eigenvalue weighted by molar-refractivity contribution is -0.504. The Kier molecular flexibility index (Phi) is 4.56. The minimum Gasteiger partial charge on any atom is -0.258 e. The van der Waals surface area contributed by atoms with E-state index in [2.05, 4.69) is 0 Å². The third-order valence-electron chi connectivity index (χ3n) is 2.18. The number of sulfonamides is 1. The molecule has 0 unspecified atom stereocenters. The second kappa shape index (κ2) is 5.64. The van der Waals surface area contributed by atoms with Crippen molar-refractivity contribution in [2.24, 2.45) is 0 Å². The van der Waals surface area contributed by atoms with Crippen LogP contribution in [0.25, 0.3) is 0 Å². The summed E-state index contributed by atoms with van der Waals surface area (Å²) in [5.41, 5.74) is -10.3. The molecule has 0 aliphatic rings. The highest BCUT2D eigenvalue weighted by Crippen LogP contribution is 2.34. The largest absolute Gasteiger partial charge is 0.521 e. The molecule has 0 aliphatic heterocycles. The van der Waals surface area contributed by atoms with Crippen LogP contribution >= 0.6 is 0 Å². The molecule has 1 rings (SSSR count). The minimum atomic E-state index is -6.21. The number of nitroso groups, excluding NO2 is 1. The summed E-state index contributed by atoms with van der Waals surface area (Å²) < 4.78 is 95.3. The lowest BCUT2D eigenvalue weighted by Gasteiger charge is -2.07. The molecule has 0 bridgehead atoms. The van der Waals surface area contributed by atoms with Crippen molar-refractivity contribution in [1.29, 1.82) is 0 Å². The van der Waals surface area contributed by atoms with E-state index < -0.39 is 48.4 Å². The number of nitrogens with zero attached hydrogens (tertiary/aromatic N) is 2. The van der Waals surface area contributed by atoms with Crippen LogP contribution in [-0.2, 0) is 16.2 Å². The number of alkyl halides is 6. The molecule has 23 heavy (non-hydrogen) atoms. The molecule has 8 nitrogen and oxygen atoms in total. The molecule has 0 atom stereocenters. The Morgan fingerprint density at radius 3 is 1.83 bits per heavy atom. The molecule has 0 aliphatic carbocycles. The fourth-order valence-corrected chi connectivity index (χ4v) is 1.62. The van der Waals surface area contributed by atoms with E-state index in [0.29, 0.717) is 4.83 Å². The first-order valence-electron chi connectivity index (χ1n) is 5.08. The molecule has 128 valence electrons. The first-order chi connectivity index (χ1) is 10.1. The molecular formula is C8H4F6N3O5S+. The molecule has 0 spiro atoms. The first kappa shape index (κ1) is 18.6. The van der Waals surface area contributed by atoms with Crippen LogP contribution in [-0.4, -0.2) is 23.7 Å². The Labute approximate surface area is 122 Å². The number of halogens is 6. The third kappa shape index (κ3) is 4.27. The Morgan fingerprint density at radius 2 is 1.43 bits per heavy atom. The molecular weight excluding hydrogens is 364 g/mol. The zero-order chi connectivity index (χ0) is 18.2. The summed E-state index contributed by atoms with van der Waals surface area (Å²) in [6.45, 7) is 0. The van der Waals surface area contributed by atoms with Crippen LogP contribution in [0.1, 0.15) is 5.56 Å². The Hall–Kier alpha value is -2.45. The van der Waals surface area contributed by atoms with Gasteiger partial charge in [-0.1, -0.05) is 0 Å². The van der Waals surface area contributed by atoms with Gasteiger partial charge in [0, 0.05) is 12.1 Å². The number of non-ortho nitro benzene ring substituents is 1. The van der Waals surface area contributed by atoms with Crippen LogP contribution in [0.15, 0.2) is 18.2 Å². The lowest BCUT2D eigenvalue weighted by atomic mass is 10.1. The van der Waals surface area contributed by atoms with E-state index in [9.17, 15) is 49.8 Å². The molecule has 0 amide bonds. The summed E-state index contributed by atoms with van der Waals surface area (Å²) in [6.07, 6.45) is -5.16. The van der Waals surface area contributed by atoms with E-state index in [1.54, 1.807) is 0 Å². The van der Waals surface area contributed by atoms with Gasteiger partial charge >= 0.3 is 27.4 Å². The van der Waals surface area contributed by atoms with Crippen LogP contribution in [0, 0.1) is 15.0 Å². The van der Waals surface area contributed by atoms with E-state index in [4.69, 9.17) is 0 Å². The number of hydrogen-bond donors (Lipinski definition) is 1. The topological polar surface area (TPSA) is 109 Å². The highest BCUT2D eigenvalue weighted by molar-refractivity contribution is 7.90. The summed E-state index contributed by atoms with van der Waals surface area (Å²) >= 11 is 0. The Morgan fingerprint density at radius 1 is 0.957 bits per heavy atom. The summed E-state index contributed by atoms with van der Waals surface area (Å²) in [5, 5.41) is 10.5. The fraction of sp³-hybridized carbons (Fsp3) is 0.250. The standard InChI is InChI=1S/C8H4F6N3O5S/c9-7(10,11)4-1-5(3-6(2-4)17(19)20)16(18)15-23(21,22)8(12,13)14/h1-3H,(H,15,18)/q+1. The van der Waals surface area contributed by atoms with E-state index >= 15 is 0 Å². The smallest absolute Gasteiger partial charge is 0.258 e. The predicted molar refractivity (Wildman–Crippen MR) is 59.5 cm³/mol. The average molecular weight is 368 g/mol. The van der Waals surface area contributed by atoms with Gasteiger partial charge < -0.3 is 0 Å². The van der Waals surface area contributed by atoms with Gasteiger partial charge in [0.05, 0.1) is 21.5 Å². The van der Waals surface area contributed by atoms with Crippen molar-refractivity contribution in [3.63, 3.8) is 0 Å². The van der Waals surface area contributed by atoms with Crippen molar-refractivity contribution in [1.82, 2.24) is 4.83 Å². The maximum absolute atomic E-state index is 12.5. The summed E-state index contributed by atoms with van der Waals surface area (Å²) in [4.78, 5) is 19.7. The number of benzene rings is 1. The second-order valence-corrected chi connectivity index (χ2v) is 5.48. The molecule has 0 saturated carbocycles. The number of nitrogens with one attached hydrogen (secondary N) is 1. The van der Waals surface area contributed by atoms with Crippen LogP contribution < -0.4 is 4.83 Å². The van der Waals surface area contributed by atoms with Crippen molar-refractivity contribution in [2.45, 2.75) is 11.7 Å². The number of hydrogen-bond acceptors (Lipinski definition) is 5. The predicted octanol–water partition coefficient (Wildman–Crippen LogP) is 2.38. The normalized spacial score (nSPS) is 12.8. The third-order valence-corrected chi connectivity index (χ3v) is 3.20. The first-order valence-corrected chi connectivity index (χ1v) is 6.56. The second-order valence-electron chi connectivity index (χ2n) is 3.83. The number of hydrazine groups is 1. The van der Waals surface area contributed by atoms with Crippen LogP contribution in [0.3, 0.4) is 0 Å².